The summed E-state index contributed by atoms with van der Waals surface area (Å²) in [5, 5.41) is 13.6. The number of rotatable bonds is 7. The average Bonchev–Trinajstić information content (AvgIpc) is 2.77. The SMILES string of the molecule is COc1ccc(CNc2ncc(C(=O)Nc3ccc(C(F)(F)F)cc3)c(Cl)c2C(C)=N)nc1. The molecule has 11 heteroatoms. The van der Waals surface area contributed by atoms with Crippen LogP contribution in [0.5, 0.6) is 5.75 Å². The highest BCUT2D eigenvalue weighted by Gasteiger charge is 2.30. The smallest absolute Gasteiger partial charge is 0.416 e. The van der Waals surface area contributed by atoms with Crippen molar-refractivity contribution in [2.24, 2.45) is 0 Å². The molecule has 3 N–H and O–H groups in total. The Hall–Kier alpha value is -3.66. The number of hydrogen-bond donors (Lipinski definition) is 3. The monoisotopic (exact) mass is 477 g/mol. The number of nitrogens with zero attached hydrogens (tertiary/aromatic N) is 2. The summed E-state index contributed by atoms with van der Waals surface area (Å²) in [5.41, 5.74) is 0.290. The third-order valence-electron chi connectivity index (χ3n) is 4.58. The molecule has 3 aromatic rings. The Kier molecular flexibility index (Phi) is 7.17. The van der Waals surface area contributed by atoms with Crippen molar-refractivity contribution in [3.63, 3.8) is 0 Å². The van der Waals surface area contributed by atoms with E-state index in [0.717, 1.165) is 24.3 Å². The summed E-state index contributed by atoms with van der Waals surface area (Å²) in [7, 11) is 1.54. The minimum atomic E-state index is -4.48. The summed E-state index contributed by atoms with van der Waals surface area (Å²) in [4.78, 5) is 21.1. The van der Waals surface area contributed by atoms with E-state index in [9.17, 15) is 18.0 Å². The van der Waals surface area contributed by atoms with Gasteiger partial charge in [-0.3, -0.25) is 9.78 Å². The van der Waals surface area contributed by atoms with E-state index in [4.69, 9.17) is 21.7 Å². The second kappa shape index (κ2) is 9.86. The number of pyridine rings is 2. The highest BCUT2D eigenvalue weighted by Crippen LogP contribution is 2.31. The maximum absolute atomic E-state index is 12.7. The molecule has 0 saturated carbocycles. The number of alkyl halides is 3. The van der Waals surface area contributed by atoms with E-state index in [2.05, 4.69) is 20.6 Å². The minimum Gasteiger partial charge on any atom is -0.495 e. The molecule has 0 unspecified atom stereocenters. The number of hydrogen-bond acceptors (Lipinski definition) is 6. The molecule has 0 radical (unpaired) electrons. The van der Waals surface area contributed by atoms with Crippen molar-refractivity contribution in [2.45, 2.75) is 19.6 Å². The zero-order valence-corrected chi connectivity index (χ0v) is 18.3. The Bertz CT molecular complexity index is 1170. The van der Waals surface area contributed by atoms with Crippen LogP contribution in [-0.2, 0) is 12.7 Å². The fraction of sp³-hybridized carbons (Fsp3) is 0.182. The lowest BCUT2D eigenvalue weighted by Crippen LogP contribution is -2.16. The van der Waals surface area contributed by atoms with Gasteiger partial charge in [0.15, 0.2) is 0 Å². The van der Waals surface area contributed by atoms with Crippen LogP contribution in [0.25, 0.3) is 0 Å². The van der Waals surface area contributed by atoms with E-state index < -0.39 is 17.6 Å². The largest absolute Gasteiger partial charge is 0.495 e. The molecule has 0 aliphatic heterocycles. The highest BCUT2D eigenvalue weighted by molar-refractivity contribution is 6.38. The molecule has 2 aromatic heterocycles. The lowest BCUT2D eigenvalue weighted by Gasteiger charge is -2.15. The third kappa shape index (κ3) is 5.78. The van der Waals surface area contributed by atoms with Crippen LogP contribution in [0.4, 0.5) is 24.7 Å². The Labute approximate surface area is 192 Å². The number of anilines is 2. The van der Waals surface area contributed by atoms with Gasteiger partial charge in [-0.1, -0.05) is 11.6 Å². The highest BCUT2D eigenvalue weighted by atomic mass is 35.5. The van der Waals surface area contributed by atoms with Crippen LogP contribution in [0, 0.1) is 5.41 Å². The Morgan fingerprint density at radius 1 is 1.12 bits per heavy atom. The molecule has 0 saturated heterocycles. The third-order valence-corrected chi connectivity index (χ3v) is 4.97. The number of ether oxygens (including phenoxy) is 1. The fourth-order valence-corrected chi connectivity index (χ4v) is 3.24. The van der Waals surface area contributed by atoms with E-state index in [-0.39, 0.29) is 39.9 Å². The van der Waals surface area contributed by atoms with Crippen molar-refractivity contribution in [3.8, 4) is 5.75 Å². The minimum absolute atomic E-state index is 0.00731. The second-order valence-corrected chi connectivity index (χ2v) is 7.28. The molecule has 1 aromatic carbocycles. The predicted molar refractivity (Wildman–Crippen MR) is 119 cm³/mol. The van der Waals surface area contributed by atoms with Crippen LogP contribution < -0.4 is 15.4 Å². The summed E-state index contributed by atoms with van der Waals surface area (Å²) in [6.45, 7) is 1.78. The van der Waals surface area contributed by atoms with Gasteiger partial charge in [-0.05, 0) is 43.3 Å². The summed E-state index contributed by atoms with van der Waals surface area (Å²) in [6.07, 6.45) is -1.68. The van der Waals surface area contributed by atoms with E-state index in [1.807, 2.05) is 0 Å². The van der Waals surface area contributed by atoms with Crippen molar-refractivity contribution in [1.29, 1.82) is 5.41 Å². The first kappa shape index (κ1) is 24.0. The molecule has 3 rings (SSSR count). The zero-order valence-electron chi connectivity index (χ0n) is 17.5. The first-order chi connectivity index (χ1) is 15.6. The van der Waals surface area contributed by atoms with Crippen LogP contribution in [0.15, 0.2) is 48.8 Å². The molecule has 2 heterocycles. The molecule has 33 heavy (non-hydrogen) atoms. The topological polar surface area (TPSA) is 100.0 Å². The van der Waals surface area contributed by atoms with Crippen LogP contribution in [0.3, 0.4) is 0 Å². The summed E-state index contributed by atoms with van der Waals surface area (Å²) in [5.74, 6) is 0.230. The number of aromatic nitrogens is 2. The maximum Gasteiger partial charge on any atom is 0.416 e. The van der Waals surface area contributed by atoms with Crippen LogP contribution in [0.1, 0.15) is 34.1 Å². The number of nitrogens with one attached hydrogen (secondary N) is 3. The van der Waals surface area contributed by atoms with E-state index >= 15 is 0 Å². The van der Waals surface area contributed by atoms with Gasteiger partial charge in [0.05, 0.1) is 47.3 Å². The van der Waals surface area contributed by atoms with Gasteiger partial charge in [0.2, 0.25) is 0 Å². The van der Waals surface area contributed by atoms with E-state index in [0.29, 0.717) is 11.4 Å². The summed E-state index contributed by atoms with van der Waals surface area (Å²) >= 11 is 6.41. The standard InChI is InChI=1S/C22H19ClF3N5O2/c1-12(27)18-19(23)17(21(32)31-14-5-3-13(4-6-14)22(24,25)26)11-30-20(18)29-9-15-7-8-16(33-2)10-28-15/h3-8,10-11,27H,9H2,1-2H3,(H,29,30)(H,31,32). The number of amides is 1. The number of methoxy groups -OCH3 is 1. The number of halogens is 4. The zero-order chi connectivity index (χ0) is 24.2. The van der Waals surface area contributed by atoms with Crippen molar-refractivity contribution >= 4 is 34.7 Å². The van der Waals surface area contributed by atoms with Gasteiger partial charge >= 0.3 is 6.18 Å². The second-order valence-electron chi connectivity index (χ2n) is 6.91. The number of benzene rings is 1. The van der Waals surface area contributed by atoms with Crippen molar-refractivity contribution in [2.75, 3.05) is 17.7 Å². The van der Waals surface area contributed by atoms with Gasteiger partial charge in [-0.2, -0.15) is 13.2 Å². The van der Waals surface area contributed by atoms with Gasteiger partial charge in [-0.15, -0.1) is 0 Å². The molecular formula is C22H19ClF3N5O2. The predicted octanol–water partition coefficient (Wildman–Crippen LogP) is 5.41. The summed E-state index contributed by atoms with van der Waals surface area (Å²) < 4.78 is 43.2. The number of carbonyl (C=O) groups is 1. The Morgan fingerprint density at radius 2 is 1.82 bits per heavy atom. The van der Waals surface area contributed by atoms with Gasteiger partial charge in [0, 0.05) is 17.6 Å². The van der Waals surface area contributed by atoms with Crippen molar-refractivity contribution in [3.05, 3.63) is 76.2 Å². The van der Waals surface area contributed by atoms with Gasteiger partial charge in [0.25, 0.3) is 5.91 Å². The van der Waals surface area contributed by atoms with Crippen molar-refractivity contribution in [1.82, 2.24) is 9.97 Å². The molecule has 1 amide bonds. The lowest BCUT2D eigenvalue weighted by molar-refractivity contribution is -0.137. The molecule has 7 nitrogen and oxygen atoms in total. The molecule has 0 aliphatic carbocycles. The van der Waals surface area contributed by atoms with Crippen LogP contribution in [-0.4, -0.2) is 28.7 Å². The normalized spacial score (nSPS) is 11.1. The van der Waals surface area contributed by atoms with Crippen LogP contribution in [0.2, 0.25) is 5.02 Å². The van der Waals surface area contributed by atoms with Crippen LogP contribution >= 0.6 is 11.6 Å². The van der Waals surface area contributed by atoms with Crippen molar-refractivity contribution < 1.29 is 22.7 Å². The molecule has 0 spiro atoms. The maximum atomic E-state index is 12.7. The average molecular weight is 478 g/mol. The molecule has 0 bridgehead atoms. The van der Waals surface area contributed by atoms with E-state index in [1.165, 1.54) is 20.2 Å². The molecular weight excluding hydrogens is 459 g/mol. The molecule has 0 fully saturated rings. The van der Waals surface area contributed by atoms with E-state index in [1.54, 1.807) is 18.3 Å². The number of carbonyl (C=O) groups excluding carboxylic acids is 1. The summed E-state index contributed by atoms with van der Waals surface area (Å²) in [6, 6.07) is 7.52. The van der Waals surface area contributed by atoms with Gasteiger partial charge < -0.3 is 20.8 Å². The Balaban J connectivity index is 1.79. The Morgan fingerprint density at radius 3 is 2.36 bits per heavy atom. The van der Waals surface area contributed by atoms with Gasteiger partial charge in [0.1, 0.15) is 11.6 Å². The first-order valence-electron chi connectivity index (χ1n) is 9.55. The lowest BCUT2D eigenvalue weighted by atomic mass is 10.1. The molecule has 0 atom stereocenters. The first-order valence-corrected chi connectivity index (χ1v) is 9.93. The molecule has 172 valence electrons. The molecule has 0 aliphatic rings. The fourth-order valence-electron chi connectivity index (χ4n) is 2.87. The quantitative estimate of drug-likeness (QED) is 0.395. The van der Waals surface area contributed by atoms with Gasteiger partial charge in [-0.25, -0.2) is 4.98 Å².